The number of methoxy groups -OCH3 is 1. The van der Waals surface area contributed by atoms with Crippen molar-refractivity contribution in [1.82, 2.24) is 9.97 Å². The zero-order valence-corrected chi connectivity index (χ0v) is 10.8. The van der Waals surface area contributed by atoms with Gasteiger partial charge in [0, 0.05) is 5.92 Å². The molecule has 18 heavy (non-hydrogen) atoms. The number of nitrogens with zero attached hydrogens (tertiary/aromatic N) is 1. The number of imidazole rings is 1. The van der Waals surface area contributed by atoms with Gasteiger partial charge in [-0.15, -0.1) is 0 Å². The molecule has 1 fully saturated rings. The molecule has 1 aromatic heterocycles. The third kappa shape index (κ3) is 1.77. The summed E-state index contributed by atoms with van der Waals surface area (Å²) < 4.78 is 4.69. The molecular weight excluding hydrogens is 252 g/mol. The third-order valence-electron chi connectivity index (χ3n) is 3.47. The molecule has 0 unspecified atom stereocenters. The summed E-state index contributed by atoms with van der Waals surface area (Å²) in [5.74, 6) is 1.09. The van der Waals surface area contributed by atoms with Gasteiger partial charge in [-0.3, -0.25) is 0 Å². The van der Waals surface area contributed by atoms with E-state index in [9.17, 15) is 4.79 Å². The van der Waals surface area contributed by atoms with Crippen LogP contribution < -0.4 is 0 Å². The van der Waals surface area contributed by atoms with E-state index in [0.29, 0.717) is 16.5 Å². The molecule has 0 spiro atoms. The van der Waals surface area contributed by atoms with Crippen molar-refractivity contribution in [3.8, 4) is 0 Å². The Morgan fingerprint density at radius 3 is 2.89 bits per heavy atom. The van der Waals surface area contributed by atoms with Crippen molar-refractivity contribution >= 4 is 28.6 Å². The number of carbonyl (C=O) groups is 1. The summed E-state index contributed by atoms with van der Waals surface area (Å²) in [6.45, 7) is 0. The maximum absolute atomic E-state index is 11.5. The SMILES string of the molecule is COC(=O)c1cc(Cl)c2nc(C3CCC3)[nH]c2c1. The topological polar surface area (TPSA) is 55.0 Å². The summed E-state index contributed by atoms with van der Waals surface area (Å²) in [4.78, 5) is 19.3. The fraction of sp³-hybridized carbons (Fsp3) is 0.385. The monoisotopic (exact) mass is 264 g/mol. The van der Waals surface area contributed by atoms with Crippen molar-refractivity contribution in [3.05, 3.63) is 28.5 Å². The molecule has 1 aliphatic rings. The highest BCUT2D eigenvalue weighted by molar-refractivity contribution is 6.35. The van der Waals surface area contributed by atoms with E-state index in [0.717, 1.165) is 16.9 Å². The number of H-pyrrole nitrogens is 1. The van der Waals surface area contributed by atoms with E-state index in [1.165, 1.54) is 26.4 Å². The Morgan fingerprint density at radius 2 is 2.28 bits per heavy atom. The van der Waals surface area contributed by atoms with Crippen LogP contribution in [-0.2, 0) is 4.74 Å². The molecule has 3 rings (SSSR count). The Labute approximate surface area is 109 Å². The number of hydrogen-bond donors (Lipinski definition) is 1. The molecule has 0 bridgehead atoms. The van der Waals surface area contributed by atoms with Gasteiger partial charge in [-0.05, 0) is 25.0 Å². The van der Waals surface area contributed by atoms with Gasteiger partial charge in [0.1, 0.15) is 11.3 Å². The molecule has 1 aliphatic carbocycles. The number of esters is 1. The molecule has 0 radical (unpaired) electrons. The first-order valence-electron chi connectivity index (χ1n) is 5.96. The number of hydrogen-bond acceptors (Lipinski definition) is 3. The lowest BCUT2D eigenvalue weighted by atomic mass is 9.85. The van der Waals surface area contributed by atoms with Crippen LogP contribution in [0.2, 0.25) is 5.02 Å². The van der Waals surface area contributed by atoms with Gasteiger partial charge in [0.25, 0.3) is 0 Å². The van der Waals surface area contributed by atoms with E-state index in [1.807, 2.05) is 0 Å². The van der Waals surface area contributed by atoms with Crippen LogP contribution in [0.1, 0.15) is 41.4 Å². The Hall–Kier alpha value is -1.55. The van der Waals surface area contributed by atoms with Gasteiger partial charge in [-0.1, -0.05) is 18.0 Å². The Morgan fingerprint density at radius 1 is 1.50 bits per heavy atom. The van der Waals surface area contributed by atoms with Crippen LogP contribution in [0.25, 0.3) is 11.0 Å². The Balaban J connectivity index is 2.09. The summed E-state index contributed by atoms with van der Waals surface area (Å²) in [6, 6.07) is 3.34. The second kappa shape index (κ2) is 4.28. The molecule has 94 valence electrons. The summed E-state index contributed by atoms with van der Waals surface area (Å²) in [6.07, 6.45) is 3.59. The summed E-state index contributed by atoms with van der Waals surface area (Å²) in [5, 5.41) is 0.481. The van der Waals surface area contributed by atoms with Crippen molar-refractivity contribution in [2.45, 2.75) is 25.2 Å². The van der Waals surface area contributed by atoms with Gasteiger partial charge >= 0.3 is 5.97 Å². The number of aromatic nitrogens is 2. The van der Waals surface area contributed by atoms with Gasteiger partial charge in [-0.25, -0.2) is 9.78 Å². The molecule has 1 aromatic carbocycles. The Bertz CT molecular complexity index is 617. The molecule has 0 amide bonds. The third-order valence-corrected chi connectivity index (χ3v) is 3.76. The molecule has 1 heterocycles. The lowest BCUT2D eigenvalue weighted by Gasteiger charge is -2.22. The second-order valence-electron chi connectivity index (χ2n) is 4.60. The van der Waals surface area contributed by atoms with Crippen LogP contribution in [0.4, 0.5) is 0 Å². The van der Waals surface area contributed by atoms with E-state index < -0.39 is 5.97 Å². The lowest BCUT2D eigenvalue weighted by Crippen LogP contribution is -2.10. The molecule has 5 heteroatoms. The molecule has 0 atom stereocenters. The normalized spacial score (nSPS) is 15.7. The van der Waals surface area contributed by atoms with Crippen molar-refractivity contribution in [3.63, 3.8) is 0 Å². The highest BCUT2D eigenvalue weighted by Crippen LogP contribution is 2.36. The smallest absolute Gasteiger partial charge is 0.337 e. The van der Waals surface area contributed by atoms with Crippen molar-refractivity contribution < 1.29 is 9.53 Å². The molecular formula is C13H13ClN2O2. The van der Waals surface area contributed by atoms with E-state index in [-0.39, 0.29) is 0 Å². The highest BCUT2D eigenvalue weighted by atomic mass is 35.5. The number of carbonyl (C=O) groups excluding carboxylic acids is 1. The second-order valence-corrected chi connectivity index (χ2v) is 5.00. The standard InChI is InChI=1S/C13H13ClN2O2/c1-18-13(17)8-5-9(14)11-10(6-8)15-12(16-11)7-3-2-4-7/h5-7H,2-4H2,1H3,(H,15,16). The van der Waals surface area contributed by atoms with Crippen LogP contribution in [0, 0.1) is 0 Å². The van der Waals surface area contributed by atoms with Gasteiger partial charge in [0.15, 0.2) is 0 Å². The van der Waals surface area contributed by atoms with E-state index in [4.69, 9.17) is 16.3 Å². The highest BCUT2D eigenvalue weighted by Gasteiger charge is 2.23. The van der Waals surface area contributed by atoms with Crippen molar-refractivity contribution in [2.75, 3.05) is 7.11 Å². The molecule has 0 saturated heterocycles. The Kier molecular flexibility index (Phi) is 2.74. The van der Waals surface area contributed by atoms with Crippen LogP contribution in [0.15, 0.2) is 12.1 Å². The minimum Gasteiger partial charge on any atom is -0.465 e. The molecule has 1 saturated carbocycles. The van der Waals surface area contributed by atoms with Gasteiger partial charge in [-0.2, -0.15) is 0 Å². The number of rotatable bonds is 2. The lowest BCUT2D eigenvalue weighted by molar-refractivity contribution is 0.0601. The number of ether oxygens (including phenoxy) is 1. The first-order chi connectivity index (χ1) is 8.69. The number of halogens is 1. The zero-order valence-electron chi connectivity index (χ0n) is 10.00. The number of benzene rings is 1. The fourth-order valence-electron chi connectivity index (χ4n) is 2.21. The summed E-state index contributed by atoms with van der Waals surface area (Å²) >= 11 is 6.15. The van der Waals surface area contributed by atoms with Crippen LogP contribution in [0.5, 0.6) is 0 Å². The predicted octanol–water partition coefficient (Wildman–Crippen LogP) is 3.27. The number of aromatic amines is 1. The number of fused-ring (bicyclic) bond motifs is 1. The van der Waals surface area contributed by atoms with Crippen LogP contribution >= 0.6 is 11.6 Å². The largest absolute Gasteiger partial charge is 0.465 e. The minimum atomic E-state index is -0.390. The quantitative estimate of drug-likeness (QED) is 0.847. The molecule has 0 aliphatic heterocycles. The molecule has 2 aromatic rings. The first kappa shape index (κ1) is 11.5. The van der Waals surface area contributed by atoms with E-state index >= 15 is 0 Å². The van der Waals surface area contributed by atoms with E-state index in [2.05, 4.69) is 9.97 Å². The van der Waals surface area contributed by atoms with Crippen molar-refractivity contribution in [1.29, 1.82) is 0 Å². The zero-order chi connectivity index (χ0) is 12.7. The molecule has 4 nitrogen and oxygen atoms in total. The predicted molar refractivity (Wildman–Crippen MR) is 69.0 cm³/mol. The van der Waals surface area contributed by atoms with E-state index in [1.54, 1.807) is 12.1 Å². The first-order valence-corrected chi connectivity index (χ1v) is 6.34. The van der Waals surface area contributed by atoms with Crippen molar-refractivity contribution in [2.24, 2.45) is 0 Å². The minimum absolute atomic E-state index is 0.390. The maximum Gasteiger partial charge on any atom is 0.337 e. The van der Waals surface area contributed by atoms with Crippen LogP contribution in [0.3, 0.4) is 0 Å². The summed E-state index contributed by atoms with van der Waals surface area (Å²) in [5.41, 5.74) is 1.97. The maximum atomic E-state index is 11.5. The number of nitrogens with one attached hydrogen (secondary N) is 1. The van der Waals surface area contributed by atoms with Gasteiger partial charge in [0.2, 0.25) is 0 Å². The average Bonchev–Trinajstić information content (AvgIpc) is 2.69. The van der Waals surface area contributed by atoms with Crippen LogP contribution in [-0.4, -0.2) is 23.0 Å². The average molecular weight is 265 g/mol. The van der Waals surface area contributed by atoms with Gasteiger partial charge in [0.05, 0.1) is 23.2 Å². The van der Waals surface area contributed by atoms with Gasteiger partial charge < -0.3 is 9.72 Å². The molecule has 1 N–H and O–H groups in total. The summed E-state index contributed by atoms with van der Waals surface area (Å²) in [7, 11) is 1.35. The fourth-order valence-corrected chi connectivity index (χ4v) is 2.47.